The van der Waals surface area contributed by atoms with E-state index in [2.05, 4.69) is 23.0 Å². The van der Waals surface area contributed by atoms with Gasteiger partial charge in [-0.3, -0.25) is 9.97 Å². The Balaban J connectivity index is 2.34. The van der Waals surface area contributed by atoms with Gasteiger partial charge in [0.15, 0.2) is 0 Å². The van der Waals surface area contributed by atoms with E-state index in [1.165, 1.54) is 0 Å². The molecule has 0 fully saturated rings. The Morgan fingerprint density at radius 1 is 1.15 bits per heavy atom. The Labute approximate surface area is 117 Å². The minimum absolute atomic E-state index is 0.648. The van der Waals surface area contributed by atoms with Crippen LogP contribution in [-0.2, 0) is 6.42 Å². The standard InChI is InChI=1S/C17H13N3/c1-2-15-14(16-7-3-4-9-19-16)10-13-12(11-18)6-5-8-17(13)20-15/h3-10H,2H2,1H3. The Bertz CT molecular complexity index is 802. The van der Waals surface area contributed by atoms with Crippen LogP contribution < -0.4 is 0 Å². The summed E-state index contributed by atoms with van der Waals surface area (Å²) in [5.41, 5.74) is 4.41. The van der Waals surface area contributed by atoms with E-state index in [0.717, 1.165) is 34.3 Å². The highest BCUT2D eigenvalue weighted by Gasteiger charge is 2.10. The molecule has 20 heavy (non-hydrogen) atoms. The van der Waals surface area contributed by atoms with Crippen LogP contribution in [0.15, 0.2) is 48.7 Å². The molecule has 2 aromatic heterocycles. The number of nitrogens with zero attached hydrogens (tertiary/aromatic N) is 3. The first kappa shape index (κ1) is 12.3. The molecule has 2 heterocycles. The molecule has 0 atom stereocenters. The molecule has 1 aromatic carbocycles. The summed E-state index contributed by atoms with van der Waals surface area (Å²) in [5.74, 6) is 0. The van der Waals surface area contributed by atoms with E-state index in [1.54, 1.807) is 6.20 Å². The lowest BCUT2D eigenvalue weighted by Crippen LogP contribution is -1.96. The van der Waals surface area contributed by atoms with Crippen molar-refractivity contribution < 1.29 is 0 Å². The third kappa shape index (κ3) is 2.02. The minimum atomic E-state index is 0.648. The van der Waals surface area contributed by atoms with Gasteiger partial charge in [0.25, 0.3) is 0 Å². The van der Waals surface area contributed by atoms with Gasteiger partial charge in [0.1, 0.15) is 0 Å². The second-order valence-electron chi connectivity index (χ2n) is 4.54. The van der Waals surface area contributed by atoms with Crippen molar-refractivity contribution >= 4 is 10.9 Å². The van der Waals surface area contributed by atoms with E-state index >= 15 is 0 Å². The molecule has 3 aromatic rings. The number of hydrogen-bond donors (Lipinski definition) is 0. The van der Waals surface area contributed by atoms with Crippen LogP contribution in [0.25, 0.3) is 22.2 Å². The first-order valence-electron chi connectivity index (χ1n) is 6.57. The molecule has 3 nitrogen and oxygen atoms in total. The van der Waals surface area contributed by atoms with Gasteiger partial charge in [-0.15, -0.1) is 0 Å². The van der Waals surface area contributed by atoms with Crippen molar-refractivity contribution in [1.82, 2.24) is 9.97 Å². The Morgan fingerprint density at radius 2 is 2.05 bits per heavy atom. The van der Waals surface area contributed by atoms with Gasteiger partial charge in [-0.25, -0.2) is 0 Å². The molecule has 0 unspecified atom stereocenters. The van der Waals surface area contributed by atoms with Gasteiger partial charge in [-0.1, -0.05) is 19.1 Å². The molecule has 0 aliphatic heterocycles. The number of pyridine rings is 2. The highest BCUT2D eigenvalue weighted by molar-refractivity contribution is 5.89. The fraction of sp³-hybridized carbons (Fsp3) is 0.118. The molecule has 3 heteroatoms. The molecule has 3 rings (SSSR count). The summed E-state index contributed by atoms with van der Waals surface area (Å²) in [5, 5.41) is 10.1. The smallest absolute Gasteiger partial charge is 0.0998 e. The maximum atomic E-state index is 9.23. The zero-order chi connectivity index (χ0) is 13.9. The van der Waals surface area contributed by atoms with Crippen LogP contribution in [0, 0.1) is 11.3 Å². The van der Waals surface area contributed by atoms with E-state index in [9.17, 15) is 5.26 Å². The molecule has 96 valence electrons. The maximum Gasteiger partial charge on any atom is 0.0998 e. The first-order chi connectivity index (χ1) is 9.83. The summed E-state index contributed by atoms with van der Waals surface area (Å²) < 4.78 is 0. The molecule has 0 amide bonds. The van der Waals surface area contributed by atoms with Crippen molar-refractivity contribution in [3.05, 3.63) is 59.9 Å². The SMILES string of the molecule is CCc1nc2cccc(C#N)c2cc1-c1ccccn1. The molecule has 0 aliphatic carbocycles. The average Bonchev–Trinajstić information content (AvgIpc) is 2.53. The van der Waals surface area contributed by atoms with Crippen molar-refractivity contribution in [3.63, 3.8) is 0 Å². The lowest BCUT2D eigenvalue weighted by molar-refractivity contribution is 1.05. The second kappa shape index (κ2) is 5.10. The lowest BCUT2D eigenvalue weighted by atomic mass is 10.0. The van der Waals surface area contributed by atoms with Crippen molar-refractivity contribution in [2.24, 2.45) is 0 Å². The van der Waals surface area contributed by atoms with E-state index in [4.69, 9.17) is 0 Å². The molecule has 0 spiro atoms. The van der Waals surface area contributed by atoms with Gasteiger partial charge in [0.05, 0.1) is 28.5 Å². The number of fused-ring (bicyclic) bond motifs is 1. The van der Waals surface area contributed by atoms with Crippen LogP contribution in [0.3, 0.4) is 0 Å². The number of aryl methyl sites for hydroxylation is 1. The molecule has 0 aliphatic rings. The van der Waals surface area contributed by atoms with E-state index < -0.39 is 0 Å². The maximum absolute atomic E-state index is 9.23. The van der Waals surface area contributed by atoms with Crippen LogP contribution in [-0.4, -0.2) is 9.97 Å². The molecule has 0 saturated heterocycles. The zero-order valence-corrected chi connectivity index (χ0v) is 11.2. The summed E-state index contributed by atoms with van der Waals surface area (Å²) in [6.45, 7) is 2.08. The zero-order valence-electron chi connectivity index (χ0n) is 11.2. The van der Waals surface area contributed by atoms with E-state index in [0.29, 0.717) is 5.56 Å². The number of aromatic nitrogens is 2. The fourth-order valence-electron chi connectivity index (χ4n) is 2.35. The summed E-state index contributed by atoms with van der Waals surface area (Å²) >= 11 is 0. The van der Waals surface area contributed by atoms with Crippen LogP contribution in [0.4, 0.5) is 0 Å². The van der Waals surface area contributed by atoms with E-state index in [-0.39, 0.29) is 0 Å². The van der Waals surface area contributed by atoms with Crippen LogP contribution in [0.1, 0.15) is 18.2 Å². The molecule has 0 bridgehead atoms. The van der Waals surface area contributed by atoms with Crippen molar-refractivity contribution in [1.29, 1.82) is 5.26 Å². The topological polar surface area (TPSA) is 49.6 Å². The lowest BCUT2D eigenvalue weighted by Gasteiger charge is -2.09. The van der Waals surface area contributed by atoms with Crippen LogP contribution in [0.5, 0.6) is 0 Å². The molecule has 0 radical (unpaired) electrons. The van der Waals surface area contributed by atoms with Gasteiger partial charge >= 0.3 is 0 Å². The van der Waals surface area contributed by atoms with Gasteiger partial charge < -0.3 is 0 Å². The number of nitriles is 1. The quantitative estimate of drug-likeness (QED) is 0.704. The second-order valence-corrected chi connectivity index (χ2v) is 4.54. The average molecular weight is 259 g/mol. The molecule has 0 saturated carbocycles. The third-order valence-corrected chi connectivity index (χ3v) is 3.33. The fourth-order valence-corrected chi connectivity index (χ4v) is 2.35. The monoisotopic (exact) mass is 259 g/mol. The van der Waals surface area contributed by atoms with Gasteiger partial charge in [-0.2, -0.15) is 5.26 Å². The summed E-state index contributed by atoms with van der Waals surface area (Å²) in [4.78, 5) is 9.08. The highest BCUT2D eigenvalue weighted by Crippen LogP contribution is 2.27. The van der Waals surface area contributed by atoms with Gasteiger partial charge in [0.2, 0.25) is 0 Å². The van der Waals surface area contributed by atoms with Crippen LogP contribution >= 0.6 is 0 Å². The molecule has 0 N–H and O–H groups in total. The molecular formula is C17H13N3. The summed E-state index contributed by atoms with van der Waals surface area (Å²) in [6.07, 6.45) is 2.60. The Morgan fingerprint density at radius 3 is 2.75 bits per heavy atom. The first-order valence-corrected chi connectivity index (χ1v) is 6.57. The Kier molecular flexibility index (Phi) is 3.14. The largest absolute Gasteiger partial charge is 0.256 e. The molecular weight excluding hydrogens is 246 g/mol. The van der Waals surface area contributed by atoms with E-state index in [1.807, 2.05) is 42.5 Å². The normalized spacial score (nSPS) is 10.4. The van der Waals surface area contributed by atoms with Gasteiger partial charge in [0, 0.05) is 17.1 Å². The third-order valence-electron chi connectivity index (χ3n) is 3.33. The summed E-state index contributed by atoms with van der Waals surface area (Å²) in [6, 6.07) is 15.7. The van der Waals surface area contributed by atoms with Crippen LogP contribution in [0.2, 0.25) is 0 Å². The number of rotatable bonds is 2. The predicted octanol–water partition coefficient (Wildman–Crippen LogP) is 3.73. The predicted molar refractivity (Wildman–Crippen MR) is 79.1 cm³/mol. The highest BCUT2D eigenvalue weighted by atomic mass is 14.7. The van der Waals surface area contributed by atoms with Crippen molar-refractivity contribution in [2.75, 3.05) is 0 Å². The number of hydrogen-bond acceptors (Lipinski definition) is 3. The number of benzene rings is 1. The van der Waals surface area contributed by atoms with Gasteiger partial charge in [-0.05, 0) is 36.8 Å². The van der Waals surface area contributed by atoms with Crippen molar-refractivity contribution in [3.8, 4) is 17.3 Å². The van der Waals surface area contributed by atoms with Crippen molar-refractivity contribution in [2.45, 2.75) is 13.3 Å². The minimum Gasteiger partial charge on any atom is -0.256 e. The Hall–Kier alpha value is -2.73. The summed E-state index contributed by atoms with van der Waals surface area (Å²) in [7, 11) is 0.